The molecule has 0 spiro atoms. The van der Waals surface area contributed by atoms with Crippen LogP contribution in [-0.2, 0) is 17.6 Å². The van der Waals surface area contributed by atoms with E-state index in [1.807, 2.05) is 30.5 Å². The first-order valence-corrected chi connectivity index (χ1v) is 11.2. The fourth-order valence-electron chi connectivity index (χ4n) is 3.94. The summed E-state index contributed by atoms with van der Waals surface area (Å²) in [6.07, 6.45) is 6.26. The van der Waals surface area contributed by atoms with E-state index in [0.29, 0.717) is 0 Å². The van der Waals surface area contributed by atoms with Crippen molar-refractivity contribution in [3.8, 4) is 0 Å². The third-order valence-corrected chi connectivity index (χ3v) is 6.42. The Morgan fingerprint density at radius 2 is 1.94 bits per heavy atom. The lowest BCUT2D eigenvalue weighted by molar-refractivity contribution is -0.120. The molecule has 3 aromatic rings. The number of carbonyl (C=O) groups is 1. The minimum absolute atomic E-state index is 0.0192. The van der Waals surface area contributed by atoms with Crippen molar-refractivity contribution < 1.29 is 9.18 Å². The summed E-state index contributed by atoms with van der Waals surface area (Å²) in [5, 5.41) is -0.172. The molecule has 1 saturated heterocycles. The number of H-pyrrole nitrogens is 1. The van der Waals surface area contributed by atoms with Gasteiger partial charge in [-0.25, -0.2) is 14.2 Å². The molecule has 4 rings (SSSR count). The van der Waals surface area contributed by atoms with E-state index in [0.717, 1.165) is 41.2 Å². The number of carbonyl (C=O) groups excluding carboxylic acids is 1. The summed E-state index contributed by atoms with van der Waals surface area (Å²) < 4.78 is 14.9. The Hall–Kier alpha value is -3.28. The predicted octanol–water partition coefficient (Wildman–Crippen LogP) is 5.84. The van der Waals surface area contributed by atoms with Crippen LogP contribution < -0.4 is 9.80 Å². The van der Waals surface area contributed by atoms with Crippen molar-refractivity contribution >= 4 is 51.9 Å². The fraction of sp³-hybridized carbons (Fsp3) is 0.250. The molecule has 33 heavy (non-hydrogen) atoms. The van der Waals surface area contributed by atoms with Gasteiger partial charge < -0.3 is 9.88 Å². The SMILES string of the molecule is [C-]#[N+]c1ccc(N2C(=O)C(C)(C)N(c3ccc(CCCc4ncc[nH]4)cc3)C2=S)c(F)c1Cl. The number of aromatic nitrogens is 2. The zero-order valence-electron chi connectivity index (χ0n) is 18.1. The van der Waals surface area contributed by atoms with E-state index in [9.17, 15) is 9.18 Å². The van der Waals surface area contributed by atoms with Crippen molar-refractivity contribution in [1.82, 2.24) is 9.97 Å². The van der Waals surface area contributed by atoms with Crippen LogP contribution in [0.15, 0.2) is 48.8 Å². The van der Waals surface area contributed by atoms with Gasteiger partial charge in [0.2, 0.25) is 5.69 Å². The molecule has 1 amide bonds. The molecule has 9 heteroatoms. The van der Waals surface area contributed by atoms with Gasteiger partial charge in [0, 0.05) is 24.5 Å². The fourth-order valence-corrected chi connectivity index (χ4v) is 4.65. The molecule has 2 aromatic carbocycles. The molecule has 1 N–H and O–H groups in total. The molecule has 1 aliphatic heterocycles. The Labute approximate surface area is 201 Å². The Morgan fingerprint density at radius 3 is 2.58 bits per heavy atom. The number of imidazole rings is 1. The molecular weight excluding hydrogens is 461 g/mol. The van der Waals surface area contributed by atoms with Crippen molar-refractivity contribution in [2.24, 2.45) is 0 Å². The minimum Gasteiger partial charge on any atom is -0.349 e. The number of hydrogen-bond donors (Lipinski definition) is 1. The summed E-state index contributed by atoms with van der Waals surface area (Å²) in [5.74, 6) is -0.253. The third kappa shape index (κ3) is 4.10. The number of nitrogens with zero attached hydrogens (tertiary/aromatic N) is 4. The molecule has 1 aliphatic rings. The van der Waals surface area contributed by atoms with Crippen LogP contribution in [0.5, 0.6) is 0 Å². The maximum Gasteiger partial charge on any atom is 0.259 e. The maximum atomic E-state index is 14.9. The lowest BCUT2D eigenvalue weighted by atomic mass is 10.0. The number of aryl methyl sites for hydroxylation is 2. The van der Waals surface area contributed by atoms with Gasteiger partial charge >= 0.3 is 0 Å². The smallest absolute Gasteiger partial charge is 0.259 e. The van der Waals surface area contributed by atoms with Crippen molar-refractivity contribution in [3.63, 3.8) is 0 Å². The zero-order chi connectivity index (χ0) is 23.8. The summed E-state index contributed by atoms with van der Waals surface area (Å²) in [5.41, 5.74) is 0.778. The number of hydrogen-bond acceptors (Lipinski definition) is 3. The highest BCUT2D eigenvalue weighted by Gasteiger charge is 2.51. The number of aromatic amines is 1. The van der Waals surface area contributed by atoms with Gasteiger partial charge in [0.25, 0.3) is 5.91 Å². The summed E-state index contributed by atoms with van der Waals surface area (Å²) >= 11 is 11.6. The van der Waals surface area contributed by atoms with Gasteiger partial charge in [-0.3, -0.25) is 9.69 Å². The Bertz CT molecular complexity index is 1250. The van der Waals surface area contributed by atoms with Crippen LogP contribution in [0.1, 0.15) is 31.7 Å². The first-order valence-electron chi connectivity index (χ1n) is 10.4. The molecule has 0 saturated carbocycles. The summed E-state index contributed by atoms with van der Waals surface area (Å²) in [6.45, 7) is 10.6. The van der Waals surface area contributed by atoms with E-state index in [1.165, 1.54) is 12.1 Å². The summed E-state index contributed by atoms with van der Waals surface area (Å²) in [4.78, 5) is 26.7. The molecule has 2 heterocycles. The highest BCUT2D eigenvalue weighted by atomic mass is 35.5. The van der Waals surface area contributed by atoms with Crippen LogP contribution in [0.25, 0.3) is 4.85 Å². The number of anilines is 2. The van der Waals surface area contributed by atoms with Crippen LogP contribution >= 0.6 is 23.8 Å². The number of nitrogens with one attached hydrogen (secondary N) is 1. The van der Waals surface area contributed by atoms with Crippen LogP contribution in [0.4, 0.5) is 21.5 Å². The molecule has 6 nitrogen and oxygen atoms in total. The number of amides is 1. The summed E-state index contributed by atoms with van der Waals surface area (Å²) in [7, 11) is 0. The second kappa shape index (κ2) is 8.93. The van der Waals surface area contributed by atoms with E-state index in [1.54, 1.807) is 24.9 Å². The number of benzene rings is 2. The molecule has 0 unspecified atom stereocenters. The van der Waals surface area contributed by atoms with Gasteiger partial charge in [-0.15, -0.1) is 0 Å². The van der Waals surface area contributed by atoms with Gasteiger partial charge in [-0.05, 0) is 62.7 Å². The predicted molar refractivity (Wildman–Crippen MR) is 131 cm³/mol. The normalized spacial score (nSPS) is 15.2. The molecule has 0 radical (unpaired) electrons. The van der Waals surface area contributed by atoms with Gasteiger partial charge in [-0.1, -0.05) is 29.8 Å². The summed E-state index contributed by atoms with van der Waals surface area (Å²) in [6, 6.07) is 10.6. The number of rotatable bonds is 6. The van der Waals surface area contributed by atoms with Gasteiger partial charge in [0.1, 0.15) is 11.4 Å². The van der Waals surface area contributed by atoms with Gasteiger partial charge in [0.15, 0.2) is 10.9 Å². The van der Waals surface area contributed by atoms with Crippen molar-refractivity contribution in [1.29, 1.82) is 0 Å². The van der Waals surface area contributed by atoms with Crippen molar-refractivity contribution in [3.05, 3.63) is 82.4 Å². The highest BCUT2D eigenvalue weighted by Crippen LogP contribution is 2.40. The van der Waals surface area contributed by atoms with Crippen LogP contribution in [0, 0.1) is 12.4 Å². The first-order chi connectivity index (χ1) is 15.8. The second-order valence-corrected chi connectivity index (χ2v) is 8.96. The van der Waals surface area contributed by atoms with E-state index >= 15 is 0 Å². The van der Waals surface area contributed by atoms with Crippen molar-refractivity contribution in [2.45, 2.75) is 38.6 Å². The average Bonchev–Trinajstić information content (AvgIpc) is 3.36. The zero-order valence-corrected chi connectivity index (χ0v) is 19.7. The average molecular weight is 482 g/mol. The Kier molecular flexibility index (Phi) is 6.19. The number of thiocarbonyl (C=S) groups is 1. The third-order valence-electron chi connectivity index (χ3n) is 5.70. The lowest BCUT2D eigenvalue weighted by Gasteiger charge is -2.29. The highest BCUT2D eigenvalue weighted by molar-refractivity contribution is 7.81. The molecule has 1 fully saturated rings. The van der Waals surface area contributed by atoms with E-state index in [-0.39, 0.29) is 27.4 Å². The molecule has 0 bridgehead atoms. The van der Waals surface area contributed by atoms with E-state index in [4.69, 9.17) is 30.4 Å². The van der Waals surface area contributed by atoms with Gasteiger partial charge in [-0.2, -0.15) is 0 Å². The van der Waals surface area contributed by atoms with Crippen LogP contribution in [0.3, 0.4) is 0 Å². The topological polar surface area (TPSA) is 56.6 Å². The second-order valence-electron chi connectivity index (χ2n) is 8.22. The van der Waals surface area contributed by atoms with E-state index in [2.05, 4.69) is 14.8 Å². The number of halogens is 2. The monoisotopic (exact) mass is 481 g/mol. The first kappa shape index (κ1) is 22.9. The molecule has 168 valence electrons. The van der Waals surface area contributed by atoms with Crippen molar-refractivity contribution in [2.75, 3.05) is 9.80 Å². The molecule has 0 atom stereocenters. The van der Waals surface area contributed by atoms with Crippen LogP contribution in [0.2, 0.25) is 5.02 Å². The van der Waals surface area contributed by atoms with Crippen LogP contribution in [-0.4, -0.2) is 26.5 Å². The largest absolute Gasteiger partial charge is 0.349 e. The quantitative estimate of drug-likeness (QED) is 0.354. The Morgan fingerprint density at radius 1 is 1.21 bits per heavy atom. The molecule has 0 aliphatic carbocycles. The standard InChI is InChI=1S/C24H21ClFN5OS/c1-24(2)22(32)30(18-12-11-17(27-3)20(25)21(18)26)23(33)31(24)16-9-7-15(8-10-16)5-4-6-19-28-13-14-29-19/h7-14H,4-6H2,1-2H3,(H,28,29). The van der Waals surface area contributed by atoms with Gasteiger partial charge in [0.05, 0.1) is 17.3 Å². The molecule has 1 aromatic heterocycles. The lowest BCUT2D eigenvalue weighted by Crippen LogP contribution is -2.44. The maximum absolute atomic E-state index is 14.9. The minimum atomic E-state index is -1.03. The molecular formula is C24H21ClFN5OS. The van der Waals surface area contributed by atoms with E-state index < -0.39 is 11.4 Å². The Balaban J connectivity index is 1.57.